The molecule has 1 N–H and O–H groups in total. The second kappa shape index (κ2) is 7.69. The van der Waals surface area contributed by atoms with E-state index in [4.69, 9.17) is 0 Å². The molecule has 0 bridgehead atoms. The summed E-state index contributed by atoms with van der Waals surface area (Å²) < 4.78 is 80.3. The van der Waals surface area contributed by atoms with Crippen molar-refractivity contribution in [3.63, 3.8) is 0 Å². The van der Waals surface area contributed by atoms with Crippen LogP contribution in [0.2, 0.25) is 0 Å². The van der Waals surface area contributed by atoms with Gasteiger partial charge < -0.3 is 5.11 Å². The SMILES string of the molecule is OC(c1nnc2cc(C(F)(F)F)ccn12)N1C[C@H]2CC(c3ccccc3C(F)(F)F)C[C@H]2C1. The average molecular weight is 470 g/mol. The zero-order chi connectivity index (χ0) is 23.5. The Hall–Kier alpha value is -2.66. The van der Waals surface area contributed by atoms with Crippen LogP contribution in [-0.4, -0.2) is 37.7 Å². The predicted molar refractivity (Wildman–Crippen MR) is 105 cm³/mol. The molecule has 0 spiro atoms. The van der Waals surface area contributed by atoms with Gasteiger partial charge in [0, 0.05) is 19.3 Å². The van der Waals surface area contributed by atoms with E-state index in [1.54, 1.807) is 17.0 Å². The van der Waals surface area contributed by atoms with Gasteiger partial charge in [-0.15, -0.1) is 10.2 Å². The second-order valence-electron chi connectivity index (χ2n) is 8.80. The number of nitrogens with zero attached hydrogens (tertiary/aromatic N) is 4. The van der Waals surface area contributed by atoms with Crippen molar-refractivity contribution in [3.8, 4) is 0 Å². The normalized spacial score (nSPS) is 25.0. The topological polar surface area (TPSA) is 53.7 Å². The fraction of sp³-hybridized carbons (Fsp3) is 0.455. The number of aliphatic hydroxyl groups is 1. The van der Waals surface area contributed by atoms with Crippen LogP contribution in [0.1, 0.15) is 47.5 Å². The molecule has 176 valence electrons. The van der Waals surface area contributed by atoms with Crippen molar-refractivity contribution in [2.45, 2.75) is 37.3 Å². The summed E-state index contributed by atoms with van der Waals surface area (Å²) in [6, 6.07) is 7.42. The summed E-state index contributed by atoms with van der Waals surface area (Å²) in [6.45, 7) is 0.929. The molecule has 2 unspecified atom stereocenters. The summed E-state index contributed by atoms with van der Waals surface area (Å²) in [7, 11) is 0. The highest BCUT2D eigenvalue weighted by molar-refractivity contribution is 5.42. The molecule has 33 heavy (non-hydrogen) atoms. The Morgan fingerprint density at radius 1 is 0.909 bits per heavy atom. The summed E-state index contributed by atoms with van der Waals surface area (Å²) in [5, 5.41) is 18.5. The quantitative estimate of drug-likeness (QED) is 0.555. The maximum absolute atomic E-state index is 13.4. The lowest BCUT2D eigenvalue weighted by atomic mass is 9.91. The zero-order valence-corrected chi connectivity index (χ0v) is 17.2. The van der Waals surface area contributed by atoms with Crippen molar-refractivity contribution >= 4 is 5.65 Å². The summed E-state index contributed by atoms with van der Waals surface area (Å²) in [6.07, 6.45) is -7.76. The molecule has 1 aromatic carbocycles. The molecule has 5 rings (SSSR count). The molecule has 0 radical (unpaired) electrons. The standard InChI is InChI=1S/C22H20F6N4O/c23-21(24,25)15-5-6-32-18(9-15)29-30-19(32)20(33)31-10-13-7-12(8-14(13)11-31)16-3-1-2-4-17(16)22(26,27)28/h1-6,9,12-14,20,33H,7-8,10-11H2/t12?,13-,14+,20?. The van der Waals surface area contributed by atoms with Crippen LogP contribution in [0.4, 0.5) is 26.3 Å². The number of aliphatic hydroxyl groups excluding tert-OH is 1. The minimum absolute atomic E-state index is 0.0258. The van der Waals surface area contributed by atoms with Gasteiger partial charge in [0.15, 0.2) is 17.7 Å². The molecular formula is C22H20F6N4O. The van der Waals surface area contributed by atoms with Crippen molar-refractivity contribution in [2.75, 3.05) is 13.1 Å². The van der Waals surface area contributed by atoms with Crippen LogP contribution < -0.4 is 0 Å². The summed E-state index contributed by atoms with van der Waals surface area (Å²) in [5.41, 5.74) is -1.16. The molecule has 2 fully saturated rings. The van der Waals surface area contributed by atoms with Crippen LogP contribution in [0.25, 0.3) is 5.65 Å². The second-order valence-corrected chi connectivity index (χ2v) is 8.80. The number of aromatic nitrogens is 3. The molecule has 1 aliphatic heterocycles. The van der Waals surface area contributed by atoms with Gasteiger partial charge in [0.25, 0.3) is 0 Å². The largest absolute Gasteiger partial charge is 0.416 e. The molecule has 3 heterocycles. The lowest BCUT2D eigenvalue weighted by Crippen LogP contribution is -2.29. The maximum Gasteiger partial charge on any atom is 0.416 e. The lowest BCUT2D eigenvalue weighted by molar-refractivity contribution is -0.138. The van der Waals surface area contributed by atoms with Gasteiger partial charge in [0.05, 0.1) is 11.1 Å². The van der Waals surface area contributed by atoms with Crippen LogP contribution >= 0.6 is 0 Å². The summed E-state index contributed by atoms with van der Waals surface area (Å²) in [5.74, 6) is 0.133. The molecule has 2 aliphatic rings. The van der Waals surface area contributed by atoms with E-state index >= 15 is 0 Å². The highest BCUT2D eigenvalue weighted by Crippen LogP contribution is 2.49. The highest BCUT2D eigenvalue weighted by atomic mass is 19.4. The van der Waals surface area contributed by atoms with E-state index in [1.165, 1.54) is 16.7 Å². The fourth-order valence-corrected chi connectivity index (χ4v) is 5.33. The minimum atomic E-state index is -4.51. The molecule has 5 nitrogen and oxygen atoms in total. The lowest BCUT2D eigenvalue weighted by Gasteiger charge is -2.24. The monoisotopic (exact) mass is 470 g/mol. The van der Waals surface area contributed by atoms with E-state index < -0.39 is 29.7 Å². The number of rotatable bonds is 3. The Morgan fingerprint density at radius 2 is 1.58 bits per heavy atom. The Balaban J connectivity index is 1.31. The molecule has 4 atom stereocenters. The van der Waals surface area contributed by atoms with Crippen molar-refractivity contribution < 1.29 is 31.4 Å². The van der Waals surface area contributed by atoms with Gasteiger partial charge in [-0.2, -0.15) is 26.3 Å². The molecular weight excluding hydrogens is 450 g/mol. The van der Waals surface area contributed by atoms with Crippen molar-refractivity contribution in [1.82, 2.24) is 19.5 Å². The summed E-state index contributed by atoms with van der Waals surface area (Å²) in [4.78, 5) is 1.76. The van der Waals surface area contributed by atoms with Crippen LogP contribution in [0.3, 0.4) is 0 Å². The smallest absolute Gasteiger partial charge is 0.371 e. The Labute approximate surface area is 184 Å². The Bertz CT molecular complexity index is 1160. The van der Waals surface area contributed by atoms with E-state index in [1.807, 2.05) is 0 Å². The van der Waals surface area contributed by atoms with Gasteiger partial charge in [0.2, 0.25) is 0 Å². The zero-order valence-electron chi connectivity index (χ0n) is 17.2. The van der Waals surface area contributed by atoms with Gasteiger partial charge in [-0.25, -0.2) is 0 Å². The third-order valence-corrected chi connectivity index (χ3v) is 6.83. The van der Waals surface area contributed by atoms with Crippen LogP contribution in [0, 0.1) is 11.8 Å². The number of hydrogen-bond donors (Lipinski definition) is 1. The maximum atomic E-state index is 13.4. The Kier molecular flexibility index (Phi) is 5.16. The predicted octanol–water partition coefficient (Wildman–Crippen LogP) is 4.88. The summed E-state index contributed by atoms with van der Waals surface area (Å²) >= 11 is 0. The van der Waals surface area contributed by atoms with Gasteiger partial charge in [-0.05, 0) is 54.4 Å². The fourth-order valence-electron chi connectivity index (χ4n) is 5.33. The highest BCUT2D eigenvalue weighted by Gasteiger charge is 2.45. The first-order chi connectivity index (χ1) is 15.5. The molecule has 1 saturated heterocycles. The number of likely N-dealkylation sites (tertiary alicyclic amines) is 1. The van der Waals surface area contributed by atoms with Crippen molar-refractivity contribution in [3.05, 3.63) is 65.1 Å². The first-order valence-electron chi connectivity index (χ1n) is 10.5. The first kappa shape index (κ1) is 22.1. The molecule has 1 saturated carbocycles. The van der Waals surface area contributed by atoms with E-state index in [9.17, 15) is 31.4 Å². The number of hydrogen-bond acceptors (Lipinski definition) is 4. The van der Waals surface area contributed by atoms with Gasteiger partial charge in [-0.1, -0.05) is 18.2 Å². The van der Waals surface area contributed by atoms with Gasteiger partial charge in [0.1, 0.15) is 0 Å². The number of fused-ring (bicyclic) bond motifs is 2. The molecule has 1 aliphatic carbocycles. The molecule has 0 amide bonds. The number of halogens is 6. The third kappa shape index (κ3) is 3.97. The third-order valence-electron chi connectivity index (χ3n) is 6.83. The number of pyridine rings is 1. The van der Waals surface area contributed by atoms with Crippen LogP contribution in [0.5, 0.6) is 0 Å². The molecule has 2 aromatic heterocycles. The Morgan fingerprint density at radius 3 is 2.21 bits per heavy atom. The molecule has 3 aromatic rings. The average Bonchev–Trinajstić information content (AvgIpc) is 3.44. The minimum Gasteiger partial charge on any atom is -0.371 e. The van der Waals surface area contributed by atoms with E-state index in [0.717, 1.165) is 18.2 Å². The van der Waals surface area contributed by atoms with Crippen molar-refractivity contribution in [1.29, 1.82) is 0 Å². The van der Waals surface area contributed by atoms with Gasteiger partial charge in [-0.3, -0.25) is 9.30 Å². The van der Waals surface area contributed by atoms with Crippen molar-refractivity contribution in [2.24, 2.45) is 11.8 Å². The van der Waals surface area contributed by atoms with Crippen LogP contribution in [0.15, 0.2) is 42.6 Å². The van der Waals surface area contributed by atoms with Crippen LogP contribution in [-0.2, 0) is 12.4 Å². The number of benzene rings is 1. The van der Waals surface area contributed by atoms with Gasteiger partial charge >= 0.3 is 12.4 Å². The van der Waals surface area contributed by atoms with E-state index in [-0.39, 0.29) is 29.2 Å². The molecule has 11 heteroatoms. The van der Waals surface area contributed by atoms with E-state index in [2.05, 4.69) is 10.2 Å². The van der Waals surface area contributed by atoms with E-state index in [0.29, 0.717) is 31.5 Å². The number of alkyl halides is 6. The first-order valence-corrected chi connectivity index (χ1v) is 10.5.